The van der Waals surface area contributed by atoms with Crippen LogP contribution in [0.3, 0.4) is 0 Å². The summed E-state index contributed by atoms with van der Waals surface area (Å²) in [6.45, 7) is 2.66. The smallest absolute Gasteiger partial charge is 0.140 e. The molecule has 2 heterocycles. The molecule has 0 aliphatic rings. The number of halogens is 1. The van der Waals surface area contributed by atoms with E-state index in [1.807, 2.05) is 18.4 Å². The molecular formula is C10H12FN3. The summed E-state index contributed by atoms with van der Waals surface area (Å²) in [5.41, 5.74) is 2.67. The van der Waals surface area contributed by atoms with Crippen LogP contribution in [-0.2, 0) is 6.54 Å². The molecule has 74 valence electrons. The number of pyridine rings is 1. The molecule has 0 aromatic carbocycles. The Hall–Kier alpha value is -1.42. The maximum absolute atomic E-state index is 12.9. The van der Waals surface area contributed by atoms with Gasteiger partial charge in [-0.05, 0) is 20.0 Å². The van der Waals surface area contributed by atoms with Crippen molar-refractivity contribution in [1.82, 2.24) is 14.7 Å². The van der Waals surface area contributed by atoms with Gasteiger partial charge in [0.15, 0.2) is 0 Å². The van der Waals surface area contributed by atoms with Crippen LogP contribution in [0.15, 0.2) is 18.3 Å². The molecule has 0 spiro atoms. The number of hydrogen-bond donors (Lipinski definition) is 1. The normalized spacial score (nSPS) is 11.1. The Morgan fingerprint density at radius 2 is 2.36 bits per heavy atom. The van der Waals surface area contributed by atoms with E-state index in [0.717, 1.165) is 17.9 Å². The van der Waals surface area contributed by atoms with Crippen molar-refractivity contribution in [2.45, 2.75) is 13.5 Å². The van der Waals surface area contributed by atoms with Crippen LogP contribution < -0.4 is 5.32 Å². The highest BCUT2D eigenvalue weighted by Crippen LogP contribution is 2.12. The molecule has 0 atom stereocenters. The first-order valence-electron chi connectivity index (χ1n) is 4.50. The molecule has 14 heavy (non-hydrogen) atoms. The van der Waals surface area contributed by atoms with E-state index in [2.05, 4.69) is 10.3 Å². The fourth-order valence-corrected chi connectivity index (χ4v) is 1.57. The third-order valence-electron chi connectivity index (χ3n) is 2.23. The van der Waals surface area contributed by atoms with Crippen molar-refractivity contribution >= 4 is 5.65 Å². The number of hydrogen-bond acceptors (Lipinski definition) is 2. The van der Waals surface area contributed by atoms with E-state index >= 15 is 0 Å². The number of nitrogens with zero attached hydrogens (tertiary/aromatic N) is 2. The van der Waals surface area contributed by atoms with Crippen molar-refractivity contribution in [2.75, 3.05) is 7.05 Å². The third kappa shape index (κ3) is 1.37. The lowest BCUT2D eigenvalue weighted by atomic mass is 10.3. The maximum Gasteiger partial charge on any atom is 0.140 e. The highest BCUT2D eigenvalue weighted by molar-refractivity contribution is 5.43. The molecule has 3 nitrogen and oxygen atoms in total. The molecule has 0 amide bonds. The van der Waals surface area contributed by atoms with Crippen LogP contribution in [0.25, 0.3) is 5.65 Å². The second-order valence-corrected chi connectivity index (χ2v) is 3.25. The zero-order valence-corrected chi connectivity index (χ0v) is 8.21. The van der Waals surface area contributed by atoms with E-state index in [-0.39, 0.29) is 5.82 Å². The first-order valence-corrected chi connectivity index (χ1v) is 4.50. The average molecular weight is 193 g/mol. The molecule has 2 aromatic rings. The Bertz CT molecular complexity index is 462. The number of aromatic nitrogens is 2. The maximum atomic E-state index is 12.9. The predicted molar refractivity (Wildman–Crippen MR) is 52.7 cm³/mol. The Labute approximate surface area is 81.6 Å². The standard InChI is InChI=1S/C10H12FN3/c1-7-9(6-12-2)14-4-3-8(11)5-10(14)13-7/h3-5,12H,6H2,1-2H3. The Morgan fingerprint density at radius 3 is 3.07 bits per heavy atom. The molecular weight excluding hydrogens is 181 g/mol. The van der Waals surface area contributed by atoms with Crippen molar-refractivity contribution in [3.05, 3.63) is 35.5 Å². The molecule has 0 aliphatic heterocycles. The first-order chi connectivity index (χ1) is 6.72. The molecule has 0 bridgehead atoms. The van der Waals surface area contributed by atoms with Gasteiger partial charge in [0.25, 0.3) is 0 Å². The molecule has 4 heteroatoms. The lowest BCUT2D eigenvalue weighted by molar-refractivity contribution is 0.625. The topological polar surface area (TPSA) is 29.3 Å². The van der Waals surface area contributed by atoms with E-state index in [4.69, 9.17) is 0 Å². The molecule has 2 aromatic heterocycles. The van der Waals surface area contributed by atoms with E-state index in [9.17, 15) is 4.39 Å². The number of imidazole rings is 1. The van der Waals surface area contributed by atoms with Gasteiger partial charge in [0.2, 0.25) is 0 Å². The number of nitrogens with one attached hydrogen (secondary N) is 1. The molecule has 2 rings (SSSR count). The van der Waals surface area contributed by atoms with Crippen molar-refractivity contribution < 1.29 is 4.39 Å². The van der Waals surface area contributed by atoms with Gasteiger partial charge >= 0.3 is 0 Å². The third-order valence-corrected chi connectivity index (χ3v) is 2.23. The number of fused-ring (bicyclic) bond motifs is 1. The fraction of sp³-hybridized carbons (Fsp3) is 0.300. The summed E-state index contributed by atoms with van der Waals surface area (Å²) in [6.07, 6.45) is 1.71. The minimum absolute atomic E-state index is 0.251. The van der Waals surface area contributed by atoms with Crippen LogP contribution in [0, 0.1) is 12.7 Å². The quantitative estimate of drug-likeness (QED) is 0.783. The van der Waals surface area contributed by atoms with Crippen LogP contribution in [0.2, 0.25) is 0 Å². The van der Waals surface area contributed by atoms with Crippen LogP contribution in [0.1, 0.15) is 11.4 Å². The Kier molecular flexibility index (Phi) is 2.21. The lowest BCUT2D eigenvalue weighted by Gasteiger charge is -2.01. The zero-order valence-electron chi connectivity index (χ0n) is 8.21. The van der Waals surface area contributed by atoms with Crippen molar-refractivity contribution in [1.29, 1.82) is 0 Å². The summed E-state index contributed by atoms with van der Waals surface area (Å²) in [5, 5.41) is 3.06. The van der Waals surface area contributed by atoms with Gasteiger partial charge in [0.1, 0.15) is 11.5 Å². The fourth-order valence-electron chi connectivity index (χ4n) is 1.57. The van der Waals surface area contributed by atoms with Crippen LogP contribution in [-0.4, -0.2) is 16.4 Å². The van der Waals surface area contributed by atoms with Gasteiger partial charge < -0.3 is 9.72 Å². The predicted octanol–water partition coefficient (Wildman–Crippen LogP) is 1.50. The summed E-state index contributed by atoms with van der Waals surface area (Å²) in [7, 11) is 1.88. The molecule has 0 saturated heterocycles. The number of aryl methyl sites for hydroxylation is 1. The summed E-state index contributed by atoms with van der Waals surface area (Å²) in [5.74, 6) is -0.251. The van der Waals surface area contributed by atoms with Crippen LogP contribution in [0.5, 0.6) is 0 Å². The van der Waals surface area contributed by atoms with Gasteiger partial charge in [-0.3, -0.25) is 0 Å². The van der Waals surface area contributed by atoms with E-state index in [1.54, 1.807) is 6.20 Å². The molecule has 0 radical (unpaired) electrons. The van der Waals surface area contributed by atoms with Gasteiger partial charge in [-0.2, -0.15) is 0 Å². The van der Waals surface area contributed by atoms with Gasteiger partial charge in [-0.1, -0.05) is 0 Å². The summed E-state index contributed by atoms with van der Waals surface area (Å²) in [6, 6.07) is 2.87. The summed E-state index contributed by atoms with van der Waals surface area (Å²) >= 11 is 0. The zero-order chi connectivity index (χ0) is 10.1. The summed E-state index contributed by atoms with van der Waals surface area (Å²) in [4.78, 5) is 4.28. The lowest BCUT2D eigenvalue weighted by Crippen LogP contribution is -2.08. The van der Waals surface area contributed by atoms with Gasteiger partial charge in [-0.25, -0.2) is 9.37 Å². The van der Waals surface area contributed by atoms with Gasteiger partial charge in [0, 0.05) is 18.8 Å². The number of rotatable bonds is 2. The minimum Gasteiger partial charge on any atom is -0.314 e. The first kappa shape index (κ1) is 9.15. The Balaban J connectivity index is 2.64. The molecule has 0 fully saturated rings. The molecule has 0 aliphatic carbocycles. The molecule has 1 N–H and O–H groups in total. The Morgan fingerprint density at radius 1 is 1.57 bits per heavy atom. The molecule has 0 saturated carbocycles. The van der Waals surface area contributed by atoms with Crippen LogP contribution in [0.4, 0.5) is 4.39 Å². The minimum atomic E-state index is -0.251. The van der Waals surface area contributed by atoms with E-state index in [0.29, 0.717) is 5.65 Å². The highest BCUT2D eigenvalue weighted by atomic mass is 19.1. The highest BCUT2D eigenvalue weighted by Gasteiger charge is 2.07. The van der Waals surface area contributed by atoms with Gasteiger partial charge in [0.05, 0.1) is 11.4 Å². The monoisotopic (exact) mass is 193 g/mol. The van der Waals surface area contributed by atoms with Gasteiger partial charge in [-0.15, -0.1) is 0 Å². The van der Waals surface area contributed by atoms with E-state index in [1.165, 1.54) is 12.1 Å². The second-order valence-electron chi connectivity index (χ2n) is 3.25. The second kappa shape index (κ2) is 3.38. The van der Waals surface area contributed by atoms with Crippen molar-refractivity contribution in [3.63, 3.8) is 0 Å². The summed E-state index contributed by atoms with van der Waals surface area (Å²) < 4.78 is 14.8. The van der Waals surface area contributed by atoms with E-state index < -0.39 is 0 Å². The largest absolute Gasteiger partial charge is 0.314 e. The molecule has 0 unspecified atom stereocenters. The van der Waals surface area contributed by atoms with Crippen molar-refractivity contribution in [2.24, 2.45) is 0 Å². The van der Waals surface area contributed by atoms with Crippen molar-refractivity contribution in [3.8, 4) is 0 Å². The van der Waals surface area contributed by atoms with Crippen LogP contribution >= 0.6 is 0 Å². The average Bonchev–Trinajstić information content (AvgIpc) is 2.43. The SMILES string of the molecule is CNCc1c(C)nc2cc(F)ccn12.